The Morgan fingerprint density at radius 1 is 1.19 bits per heavy atom. The fourth-order valence-electron chi connectivity index (χ4n) is 4.54. The molecule has 0 spiro atoms. The van der Waals surface area contributed by atoms with E-state index in [9.17, 15) is 14.7 Å². The number of benzene rings is 1. The van der Waals surface area contributed by atoms with Gasteiger partial charge in [-0.25, -0.2) is 4.79 Å². The standard InChI is InChI=1S/C20H27N3O3.C7H4ClNOS/c1-4-23-17-6-5-14(20(25)26)11-15(17)12-18(23)19(24)21-16-7-9-22(10-8-16)13(2)3;8-7-2-1-6(11-7)5-3-4-9-10-5/h5-6,11-13,16H,4,7-10H2,1-3H3,(H,21,24)(H,25,26);1-4H. The number of aromatic nitrogens is 2. The van der Waals surface area contributed by atoms with Crippen LogP contribution in [-0.2, 0) is 6.54 Å². The molecule has 196 valence electrons. The van der Waals surface area contributed by atoms with E-state index in [1.54, 1.807) is 30.5 Å². The minimum absolute atomic E-state index is 0.0806. The van der Waals surface area contributed by atoms with Crippen LogP contribution in [-0.4, -0.2) is 56.8 Å². The number of carboxylic acid groups (broad SMARTS) is 1. The molecule has 4 aromatic rings. The normalized spacial score (nSPS) is 14.5. The number of aryl methyl sites for hydroxylation is 1. The predicted molar refractivity (Wildman–Crippen MR) is 147 cm³/mol. The average Bonchev–Trinajstić information content (AvgIpc) is 3.63. The molecule has 10 heteroatoms. The van der Waals surface area contributed by atoms with Gasteiger partial charge in [0.15, 0.2) is 5.76 Å². The number of nitrogens with one attached hydrogen (secondary N) is 1. The molecule has 0 aliphatic carbocycles. The lowest BCUT2D eigenvalue weighted by Gasteiger charge is -2.34. The summed E-state index contributed by atoms with van der Waals surface area (Å²) in [6, 6.07) is 13.1. The number of amides is 1. The summed E-state index contributed by atoms with van der Waals surface area (Å²) in [5.41, 5.74) is 1.72. The number of hydrogen-bond acceptors (Lipinski definition) is 6. The van der Waals surface area contributed by atoms with Crippen molar-refractivity contribution in [2.45, 2.75) is 52.2 Å². The van der Waals surface area contributed by atoms with E-state index in [0.717, 1.165) is 51.8 Å². The number of hydrogen-bond donors (Lipinski definition) is 2. The van der Waals surface area contributed by atoms with Crippen molar-refractivity contribution in [3.05, 3.63) is 64.3 Å². The molecule has 0 saturated carbocycles. The Kier molecular flexibility index (Phi) is 8.68. The molecule has 0 radical (unpaired) electrons. The van der Waals surface area contributed by atoms with E-state index in [4.69, 9.17) is 16.1 Å². The van der Waals surface area contributed by atoms with Crippen LogP contribution in [0.1, 0.15) is 54.5 Å². The van der Waals surface area contributed by atoms with E-state index in [1.807, 2.05) is 29.7 Å². The average molecular weight is 543 g/mol. The van der Waals surface area contributed by atoms with Gasteiger partial charge in [0, 0.05) is 48.7 Å². The number of nitrogens with zero attached hydrogens (tertiary/aromatic N) is 3. The Hall–Kier alpha value is -3.14. The maximum absolute atomic E-state index is 12.8. The summed E-state index contributed by atoms with van der Waals surface area (Å²) in [5.74, 6) is -0.274. The van der Waals surface area contributed by atoms with Crippen LogP contribution < -0.4 is 5.32 Å². The minimum atomic E-state index is -0.959. The van der Waals surface area contributed by atoms with Crippen LogP contribution in [0.15, 0.2) is 53.2 Å². The summed E-state index contributed by atoms with van der Waals surface area (Å²) in [7, 11) is 0. The SMILES string of the molecule is CCn1c(C(=O)NC2CCN(C(C)C)CC2)cc2cc(C(=O)O)ccc21.Clc1ccc(-c2ccno2)s1. The van der Waals surface area contributed by atoms with Crippen molar-refractivity contribution < 1.29 is 19.2 Å². The molecule has 1 fully saturated rings. The molecule has 4 heterocycles. The Bertz CT molecular complexity index is 1350. The zero-order chi connectivity index (χ0) is 26.5. The van der Waals surface area contributed by atoms with Crippen LogP contribution in [0.25, 0.3) is 21.5 Å². The molecule has 1 saturated heterocycles. The molecule has 0 bridgehead atoms. The van der Waals surface area contributed by atoms with E-state index in [-0.39, 0.29) is 17.5 Å². The highest BCUT2D eigenvalue weighted by Crippen LogP contribution is 2.30. The molecule has 2 N–H and O–H groups in total. The van der Waals surface area contributed by atoms with Gasteiger partial charge in [0.2, 0.25) is 0 Å². The molecular formula is C27H31ClN4O4S. The van der Waals surface area contributed by atoms with Gasteiger partial charge in [-0.05, 0) is 70.0 Å². The Labute approximate surface area is 224 Å². The van der Waals surface area contributed by atoms with E-state index in [2.05, 4.69) is 29.2 Å². The largest absolute Gasteiger partial charge is 0.478 e. The van der Waals surface area contributed by atoms with Gasteiger partial charge < -0.3 is 24.4 Å². The van der Waals surface area contributed by atoms with Crippen LogP contribution in [0.2, 0.25) is 4.34 Å². The Morgan fingerprint density at radius 2 is 1.95 bits per heavy atom. The zero-order valence-corrected chi connectivity index (χ0v) is 22.7. The zero-order valence-electron chi connectivity index (χ0n) is 21.1. The molecule has 3 aromatic heterocycles. The number of fused-ring (bicyclic) bond motifs is 1. The second-order valence-corrected chi connectivity index (χ2v) is 10.9. The third-order valence-electron chi connectivity index (χ3n) is 6.55. The molecule has 37 heavy (non-hydrogen) atoms. The molecule has 1 aliphatic heterocycles. The number of rotatable bonds is 6. The van der Waals surface area contributed by atoms with E-state index >= 15 is 0 Å². The van der Waals surface area contributed by atoms with Gasteiger partial charge in [0.25, 0.3) is 5.91 Å². The Balaban J connectivity index is 0.000000241. The minimum Gasteiger partial charge on any atom is -0.478 e. The van der Waals surface area contributed by atoms with Crippen molar-refractivity contribution >= 4 is 45.7 Å². The van der Waals surface area contributed by atoms with Crippen LogP contribution in [0, 0.1) is 0 Å². The number of likely N-dealkylation sites (tertiary alicyclic amines) is 1. The second-order valence-electron chi connectivity index (χ2n) is 9.21. The lowest BCUT2D eigenvalue weighted by Crippen LogP contribution is -2.46. The number of halogens is 1. The smallest absolute Gasteiger partial charge is 0.335 e. The lowest BCUT2D eigenvalue weighted by molar-refractivity contribution is 0.0696. The second kappa shape index (κ2) is 11.9. The van der Waals surface area contributed by atoms with Crippen LogP contribution in [0.4, 0.5) is 0 Å². The predicted octanol–water partition coefficient (Wildman–Crippen LogP) is 6.02. The van der Waals surface area contributed by atoms with Crippen LogP contribution in [0.5, 0.6) is 0 Å². The molecule has 0 unspecified atom stereocenters. The molecule has 1 amide bonds. The number of thiophene rings is 1. The van der Waals surface area contributed by atoms with Crippen molar-refractivity contribution in [1.29, 1.82) is 0 Å². The van der Waals surface area contributed by atoms with Crippen molar-refractivity contribution in [1.82, 2.24) is 19.9 Å². The first-order valence-corrected chi connectivity index (χ1v) is 13.5. The summed E-state index contributed by atoms with van der Waals surface area (Å²) in [6.45, 7) is 9.05. The van der Waals surface area contributed by atoms with Crippen molar-refractivity contribution in [2.24, 2.45) is 0 Å². The van der Waals surface area contributed by atoms with E-state index in [0.29, 0.717) is 18.3 Å². The quantitative estimate of drug-likeness (QED) is 0.309. The lowest BCUT2D eigenvalue weighted by atomic mass is 10.0. The third kappa shape index (κ3) is 6.41. The van der Waals surface area contributed by atoms with Gasteiger partial charge in [-0.2, -0.15) is 0 Å². The van der Waals surface area contributed by atoms with Crippen LogP contribution >= 0.6 is 22.9 Å². The maximum atomic E-state index is 12.8. The number of carboxylic acids is 1. The highest BCUT2D eigenvalue weighted by atomic mass is 35.5. The summed E-state index contributed by atoms with van der Waals surface area (Å²) in [6.07, 6.45) is 3.53. The third-order valence-corrected chi connectivity index (χ3v) is 7.79. The van der Waals surface area contributed by atoms with E-state index in [1.165, 1.54) is 11.3 Å². The van der Waals surface area contributed by atoms with Crippen molar-refractivity contribution in [3.63, 3.8) is 0 Å². The maximum Gasteiger partial charge on any atom is 0.335 e. The topological polar surface area (TPSA) is 101 Å². The summed E-state index contributed by atoms with van der Waals surface area (Å²) in [5, 5.41) is 16.7. The Morgan fingerprint density at radius 3 is 2.51 bits per heavy atom. The molecular weight excluding hydrogens is 512 g/mol. The van der Waals surface area contributed by atoms with Crippen molar-refractivity contribution in [2.75, 3.05) is 13.1 Å². The van der Waals surface area contributed by atoms with Gasteiger partial charge in [0.05, 0.1) is 21.0 Å². The number of piperidine rings is 1. The van der Waals surface area contributed by atoms with Gasteiger partial charge >= 0.3 is 5.97 Å². The summed E-state index contributed by atoms with van der Waals surface area (Å²) < 4.78 is 7.64. The first-order valence-electron chi connectivity index (χ1n) is 12.3. The highest BCUT2D eigenvalue weighted by molar-refractivity contribution is 7.19. The van der Waals surface area contributed by atoms with Gasteiger partial charge in [0.1, 0.15) is 5.69 Å². The first kappa shape index (κ1) is 26.9. The fraction of sp³-hybridized carbons (Fsp3) is 0.370. The molecule has 8 nitrogen and oxygen atoms in total. The number of carbonyl (C=O) groups excluding carboxylic acids is 1. The van der Waals surface area contributed by atoms with Gasteiger partial charge in [-0.1, -0.05) is 16.8 Å². The van der Waals surface area contributed by atoms with Crippen LogP contribution in [0.3, 0.4) is 0 Å². The molecule has 1 aromatic carbocycles. The fourth-order valence-corrected chi connectivity index (χ4v) is 5.54. The monoisotopic (exact) mass is 542 g/mol. The van der Waals surface area contributed by atoms with E-state index < -0.39 is 5.97 Å². The van der Waals surface area contributed by atoms with Gasteiger partial charge in [-0.15, -0.1) is 11.3 Å². The summed E-state index contributed by atoms with van der Waals surface area (Å²) >= 11 is 7.21. The van der Waals surface area contributed by atoms with Gasteiger partial charge in [-0.3, -0.25) is 4.79 Å². The summed E-state index contributed by atoms with van der Waals surface area (Å²) in [4.78, 5) is 27.5. The number of carbonyl (C=O) groups is 2. The van der Waals surface area contributed by atoms with Crippen molar-refractivity contribution in [3.8, 4) is 10.6 Å². The number of aromatic carboxylic acids is 1. The molecule has 5 rings (SSSR count). The first-order chi connectivity index (χ1) is 17.8. The molecule has 0 atom stereocenters. The molecule has 1 aliphatic rings. The highest BCUT2D eigenvalue weighted by Gasteiger charge is 2.24.